The lowest BCUT2D eigenvalue weighted by atomic mass is 9.75. The van der Waals surface area contributed by atoms with E-state index in [-0.39, 0.29) is 0 Å². The molecule has 20 heavy (non-hydrogen) atoms. The van der Waals surface area contributed by atoms with E-state index >= 15 is 0 Å². The number of hydrogen-bond acceptors (Lipinski definition) is 3. The predicted octanol–water partition coefficient (Wildman–Crippen LogP) is 2.98. The van der Waals surface area contributed by atoms with Gasteiger partial charge < -0.3 is 15.7 Å². The Hall–Kier alpha value is -1.71. The fourth-order valence-corrected chi connectivity index (χ4v) is 3.82. The summed E-state index contributed by atoms with van der Waals surface area (Å²) in [4.78, 5) is 13.7. The molecule has 4 heteroatoms. The molecular weight excluding hydrogens is 252 g/mol. The molecule has 2 unspecified atom stereocenters. The van der Waals surface area contributed by atoms with Crippen LogP contribution in [-0.2, 0) is 0 Å². The molecule has 2 atom stereocenters. The summed E-state index contributed by atoms with van der Waals surface area (Å²) < 4.78 is 0. The fourth-order valence-electron chi connectivity index (χ4n) is 3.82. The number of nitrogens with two attached hydrogens (primary N) is 1. The van der Waals surface area contributed by atoms with Gasteiger partial charge in [0, 0.05) is 18.8 Å². The van der Waals surface area contributed by atoms with Gasteiger partial charge in [-0.1, -0.05) is 19.3 Å². The van der Waals surface area contributed by atoms with Crippen LogP contribution in [0.15, 0.2) is 18.2 Å². The number of rotatable bonds is 2. The summed E-state index contributed by atoms with van der Waals surface area (Å²) in [5, 5.41) is 9.37. The van der Waals surface area contributed by atoms with Gasteiger partial charge in [-0.25, -0.2) is 4.79 Å². The number of benzene rings is 1. The molecule has 1 aromatic carbocycles. The second-order valence-electron chi connectivity index (χ2n) is 6.12. The monoisotopic (exact) mass is 274 g/mol. The van der Waals surface area contributed by atoms with Gasteiger partial charge in [0.15, 0.2) is 0 Å². The number of aromatic carboxylic acids is 1. The van der Waals surface area contributed by atoms with Gasteiger partial charge in [0.1, 0.15) is 0 Å². The molecule has 1 saturated heterocycles. The van der Waals surface area contributed by atoms with E-state index in [1.165, 1.54) is 32.1 Å². The Kier molecular flexibility index (Phi) is 3.55. The molecule has 1 heterocycles. The average molecular weight is 274 g/mol. The molecule has 1 aromatic rings. The Labute approximate surface area is 119 Å². The van der Waals surface area contributed by atoms with E-state index in [1.807, 2.05) is 6.07 Å². The summed E-state index contributed by atoms with van der Waals surface area (Å²) in [7, 11) is 0. The van der Waals surface area contributed by atoms with Crippen molar-refractivity contribution in [3.8, 4) is 0 Å². The van der Waals surface area contributed by atoms with Gasteiger partial charge in [-0.15, -0.1) is 0 Å². The van der Waals surface area contributed by atoms with Gasteiger partial charge in [-0.2, -0.15) is 0 Å². The number of hydrogen-bond donors (Lipinski definition) is 2. The lowest BCUT2D eigenvalue weighted by molar-refractivity contribution is 0.0697. The van der Waals surface area contributed by atoms with Crippen molar-refractivity contribution in [2.75, 3.05) is 23.7 Å². The van der Waals surface area contributed by atoms with Crippen molar-refractivity contribution < 1.29 is 9.90 Å². The maximum absolute atomic E-state index is 11.4. The van der Waals surface area contributed by atoms with Crippen LogP contribution in [0.1, 0.15) is 42.5 Å². The van der Waals surface area contributed by atoms with Crippen LogP contribution in [-0.4, -0.2) is 24.2 Å². The van der Waals surface area contributed by atoms with Gasteiger partial charge in [0.25, 0.3) is 0 Å². The lowest BCUT2D eigenvalue weighted by Crippen LogP contribution is -2.42. The minimum Gasteiger partial charge on any atom is -0.478 e. The Morgan fingerprint density at radius 1 is 1.20 bits per heavy atom. The maximum Gasteiger partial charge on any atom is 0.337 e. The van der Waals surface area contributed by atoms with Crippen LogP contribution < -0.4 is 10.6 Å². The zero-order chi connectivity index (χ0) is 14.1. The van der Waals surface area contributed by atoms with Gasteiger partial charge >= 0.3 is 5.97 Å². The summed E-state index contributed by atoms with van der Waals surface area (Å²) in [5.41, 5.74) is 7.39. The highest BCUT2D eigenvalue weighted by Crippen LogP contribution is 2.38. The van der Waals surface area contributed by atoms with Crippen LogP contribution in [0.25, 0.3) is 0 Å². The van der Waals surface area contributed by atoms with Crippen LogP contribution in [0.5, 0.6) is 0 Å². The second-order valence-corrected chi connectivity index (χ2v) is 6.12. The summed E-state index contributed by atoms with van der Waals surface area (Å²) in [6.07, 6.45) is 6.52. The van der Waals surface area contributed by atoms with E-state index in [2.05, 4.69) is 4.90 Å². The highest BCUT2D eigenvalue weighted by atomic mass is 16.4. The van der Waals surface area contributed by atoms with Gasteiger partial charge in [0.2, 0.25) is 0 Å². The maximum atomic E-state index is 11.4. The van der Waals surface area contributed by atoms with Crippen molar-refractivity contribution in [1.29, 1.82) is 0 Å². The molecule has 1 saturated carbocycles. The van der Waals surface area contributed by atoms with Crippen LogP contribution >= 0.6 is 0 Å². The molecule has 0 amide bonds. The third-order valence-corrected chi connectivity index (χ3v) is 4.88. The smallest absolute Gasteiger partial charge is 0.337 e. The summed E-state index contributed by atoms with van der Waals surface area (Å²) in [6.45, 7) is 1.96. The van der Waals surface area contributed by atoms with E-state index < -0.39 is 5.97 Å². The van der Waals surface area contributed by atoms with Crippen molar-refractivity contribution in [1.82, 2.24) is 0 Å². The van der Waals surface area contributed by atoms with Crippen LogP contribution in [0.2, 0.25) is 0 Å². The van der Waals surface area contributed by atoms with Gasteiger partial charge in [-0.3, -0.25) is 0 Å². The number of nitrogens with zero attached hydrogens (tertiary/aromatic N) is 1. The SMILES string of the molecule is Nc1ccc(N2CCC3CCCCC3C2)c(C(=O)O)c1. The molecule has 1 aliphatic carbocycles. The molecule has 0 bridgehead atoms. The first-order chi connectivity index (χ1) is 9.65. The molecule has 108 valence electrons. The number of fused-ring (bicyclic) bond motifs is 1. The van der Waals surface area contributed by atoms with Crippen molar-refractivity contribution in [3.63, 3.8) is 0 Å². The highest BCUT2D eigenvalue weighted by molar-refractivity contribution is 5.95. The molecule has 2 fully saturated rings. The Bertz CT molecular complexity index is 515. The largest absolute Gasteiger partial charge is 0.478 e. The standard InChI is InChI=1S/C16H22N2O2/c17-13-5-6-15(14(9-13)16(19)20)18-8-7-11-3-1-2-4-12(11)10-18/h5-6,9,11-12H,1-4,7-8,10,17H2,(H,19,20). The molecule has 4 nitrogen and oxygen atoms in total. The van der Waals surface area contributed by atoms with Crippen LogP contribution in [0, 0.1) is 11.8 Å². The minimum atomic E-state index is -0.891. The predicted molar refractivity (Wildman–Crippen MR) is 80.1 cm³/mol. The first kappa shape index (κ1) is 13.3. The van der Waals surface area contributed by atoms with Gasteiger partial charge in [0.05, 0.1) is 11.3 Å². The molecule has 2 aliphatic rings. The molecular formula is C16H22N2O2. The number of nitrogen functional groups attached to an aromatic ring is 1. The zero-order valence-corrected chi connectivity index (χ0v) is 11.7. The molecule has 3 N–H and O–H groups in total. The normalized spacial score (nSPS) is 26.1. The first-order valence-corrected chi connectivity index (χ1v) is 7.53. The van der Waals surface area contributed by atoms with Crippen LogP contribution in [0.4, 0.5) is 11.4 Å². The summed E-state index contributed by atoms with van der Waals surface area (Å²) in [5.74, 6) is 0.692. The summed E-state index contributed by atoms with van der Waals surface area (Å²) >= 11 is 0. The molecule has 0 radical (unpaired) electrons. The molecule has 3 rings (SSSR count). The van der Waals surface area contributed by atoms with Crippen molar-refractivity contribution in [2.24, 2.45) is 11.8 Å². The summed E-state index contributed by atoms with van der Waals surface area (Å²) in [6, 6.07) is 5.24. The molecule has 1 aliphatic heterocycles. The van der Waals surface area contributed by atoms with Crippen molar-refractivity contribution in [3.05, 3.63) is 23.8 Å². The fraction of sp³-hybridized carbons (Fsp3) is 0.562. The quantitative estimate of drug-likeness (QED) is 0.814. The molecule has 0 aromatic heterocycles. The minimum absolute atomic E-state index is 0.333. The van der Waals surface area contributed by atoms with Gasteiger partial charge in [-0.05, 0) is 42.9 Å². The van der Waals surface area contributed by atoms with Crippen LogP contribution in [0.3, 0.4) is 0 Å². The third kappa shape index (κ3) is 2.47. The van der Waals surface area contributed by atoms with E-state index in [0.717, 1.165) is 30.6 Å². The van der Waals surface area contributed by atoms with Crippen molar-refractivity contribution in [2.45, 2.75) is 32.1 Å². The Morgan fingerprint density at radius 3 is 2.70 bits per heavy atom. The topological polar surface area (TPSA) is 66.6 Å². The molecule has 0 spiro atoms. The Balaban J connectivity index is 1.84. The number of carbonyl (C=O) groups is 1. The number of carboxylic acid groups (broad SMARTS) is 1. The second kappa shape index (κ2) is 5.35. The van der Waals surface area contributed by atoms with Crippen molar-refractivity contribution >= 4 is 17.3 Å². The van der Waals surface area contributed by atoms with E-state index in [1.54, 1.807) is 12.1 Å². The average Bonchev–Trinajstić information content (AvgIpc) is 2.46. The highest BCUT2D eigenvalue weighted by Gasteiger charge is 2.32. The lowest BCUT2D eigenvalue weighted by Gasteiger charge is -2.42. The third-order valence-electron chi connectivity index (χ3n) is 4.88. The Morgan fingerprint density at radius 2 is 1.95 bits per heavy atom. The number of anilines is 2. The number of carboxylic acids is 1. The zero-order valence-electron chi connectivity index (χ0n) is 11.7. The van der Waals surface area contributed by atoms with E-state index in [4.69, 9.17) is 5.73 Å². The van der Waals surface area contributed by atoms with E-state index in [9.17, 15) is 9.90 Å². The van der Waals surface area contributed by atoms with E-state index in [0.29, 0.717) is 11.3 Å². The number of piperidine rings is 1. The first-order valence-electron chi connectivity index (χ1n) is 7.53.